The Morgan fingerprint density at radius 2 is 1.74 bits per heavy atom. The predicted molar refractivity (Wildman–Crippen MR) is 120 cm³/mol. The lowest BCUT2D eigenvalue weighted by Crippen LogP contribution is -2.56. The number of nitrogens with zero attached hydrogens (tertiary/aromatic N) is 3. The summed E-state index contributed by atoms with van der Waals surface area (Å²) in [4.78, 5) is 15.5. The first-order valence-electron chi connectivity index (χ1n) is 10.6. The Labute approximate surface area is 181 Å². The van der Waals surface area contributed by atoms with Crippen LogP contribution in [0, 0.1) is 13.8 Å². The first-order valence-corrected chi connectivity index (χ1v) is 10.6. The normalized spacial score (nSPS) is 23.4. The first kappa shape index (κ1) is 18.2. The van der Waals surface area contributed by atoms with E-state index in [2.05, 4.69) is 43.3 Å². The molecule has 3 heterocycles. The maximum Gasteiger partial charge on any atom is 0.306 e. The zero-order chi connectivity index (χ0) is 21.3. The highest BCUT2D eigenvalue weighted by Gasteiger charge is 2.62. The van der Waals surface area contributed by atoms with Crippen molar-refractivity contribution in [1.82, 2.24) is 5.01 Å². The van der Waals surface area contributed by atoms with Gasteiger partial charge in [-0.3, -0.25) is 4.79 Å². The van der Waals surface area contributed by atoms with E-state index in [1.807, 2.05) is 49.3 Å². The highest BCUT2D eigenvalue weighted by atomic mass is 16.5. The Morgan fingerprint density at radius 3 is 2.55 bits per heavy atom. The SMILES string of the molecule is Cc1ccc(C2=NN3[C@@H](C2)c2ccccc2O[C@]32C(=O)N(C)c3ccc(C)cc32)cc1. The van der Waals surface area contributed by atoms with Gasteiger partial charge in [0.1, 0.15) is 5.75 Å². The molecule has 3 aromatic rings. The largest absolute Gasteiger partial charge is 0.453 e. The summed E-state index contributed by atoms with van der Waals surface area (Å²) in [7, 11) is 1.81. The maximum atomic E-state index is 13.8. The molecule has 1 spiro atoms. The van der Waals surface area contributed by atoms with Gasteiger partial charge >= 0.3 is 5.72 Å². The average Bonchev–Trinajstić information content (AvgIpc) is 3.31. The molecule has 0 fully saturated rings. The van der Waals surface area contributed by atoms with Gasteiger partial charge in [0.25, 0.3) is 5.91 Å². The standard InChI is InChI=1S/C26H23N3O2/c1-16-8-11-18(12-9-16)21-15-23-19-6-4-5-7-24(19)31-26(29(23)27-21)20-14-17(2)10-13-22(20)28(3)25(26)30/h4-14,23H,15H2,1-3H3/t23-,26+/m0/s1. The summed E-state index contributed by atoms with van der Waals surface area (Å²) in [6.07, 6.45) is 0.726. The van der Waals surface area contributed by atoms with E-state index in [1.54, 1.807) is 4.90 Å². The number of para-hydroxylation sites is 1. The molecule has 0 N–H and O–H groups in total. The molecular formula is C26H23N3O2. The third-order valence-corrected chi connectivity index (χ3v) is 6.63. The number of amides is 1. The van der Waals surface area contributed by atoms with Crippen molar-refractivity contribution in [3.8, 4) is 5.75 Å². The molecule has 2 atom stereocenters. The molecule has 0 aliphatic carbocycles. The van der Waals surface area contributed by atoms with Gasteiger partial charge in [-0.05, 0) is 37.6 Å². The van der Waals surface area contributed by atoms with Gasteiger partial charge in [-0.2, -0.15) is 5.10 Å². The average molecular weight is 409 g/mol. The van der Waals surface area contributed by atoms with Crippen LogP contribution < -0.4 is 9.64 Å². The van der Waals surface area contributed by atoms with Crippen molar-refractivity contribution in [3.05, 3.63) is 94.5 Å². The van der Waals surface area contributed by atoms with Crippen molar-refractivity contribution < 1.29 is 9.53 Å². The fourth-order valence-corrected chi connectivity index (χ4v) is 5.00. The van der Waals surface area contributed by atoms with Crippen LogP contribution in [0.4, 0.5) is 5.69 Å². The fourth-order valence-electron chi connectivity index (χ4n) is 5.00. The third kappa shape index (κ3) is 2.37. The van der Waals surface area contributed by atoms with Gasteiger partial charge in [-0.1, -0.05) is 59.7 Å². The summed E-state index contributed by atoms with van der Waals surface area (Å²) in [6, 6.07) is 22.4. The molecule has 3 aliphatic heterocycles. The number of rotatable bonds is 1. The maximum absolute atomic E-state index is 13.8. The molecule has 0 radical (unpaired) electrons. The molecule has 0 saturated heterocycles. The van der Waals surface area contributed by atoms with Gasteiger partial charge < -0.3 is 9.64 Å². The first-order chi connectivity index (χ1) is 15.0. The second-order valence-electron chi connectivity index (χ2n) is 8.65. The van der Waals surface area contributed by atoms with Crippen molar-refractivity contribution in [1.29, 1.82) is 0 Å². The summed E-state index contributed by atoms with van der Waals surface area (Å²) >= 11 is 0. The zero-order valence-electron chi connectivity index (χ0n) is 17.8. The Hall–Kier alpha value is -3.60. The minimum Gasteiger partial charge on any atom is -0.453 e. The third-order valence-electron chi connectivity index (χ3n) is 6.63. The number of fused-ring (bicyclic) bond motifs is 6. The molecule has 0 unspecified atom stereocenters. The van der Waals surface area contributed by atoms with Gasteiger partial charge in [-0.25, -0.2) is 5.01 Å². The summed E-state index contributed by atoms with van der Waals surface area (Å²) in [5.74, 6) is 0.640. The van der Waals surface area contributed by atoms with Crippen LogP contribution in [0.15, 0.2) is 71.8 Å². The van der Waals surface area contributed by atoms with Gasteiger partial charge in [-0.15, -0.1) is 0 Å². The number of aryl methyl sites for hydroxylation is 2. The molecule has 5 heteroatoms. The van der Waals surface area contributed by atoms with E-state index in [-0.39, 0.29) is 11.9 Å². The van der Waals surface area contributed by atoms with Gasteiger partial charge in [0.2, 0.25) is 0 Å². The molecule has 6 rings (SSSR count). The highest BCUT2D eigenvalue weighted by molar-refractivity contribution is 6.08. The van der Waals surface area contributed by atoms with E-state index in [0.717, 1.165) is 45.8 Å². The van der Waals surface area contributed by atoms with E-state index >= 15 is 0 Å². The lowest BCUT2D eigenvalue weighted by Gasteiger charge is -2.44. The Balaban J connectivity index is 1.59. The van der Waals surface area contributed by atoms with Crippen molar-refractivity contribution >= 4 is 17.3 Å². The lowest BCUT2D eigenvalue weighted by molar-refractivity contribution is -0.163. The highest BCUT2D eigenvalue weighted by Crippen LogP contribution is 2.55. The topological polar surface area (TPSA) is 45.1 Å². The zero-order valence-corrected chi connectivity index (χ0v) is 17.8. The Bertz CT molecular complexity index is 1260. The molecule has 3 aliphatic rings. The summed E-state index contributed by atoms with van der Waals surface area (Å²) < 4.78 is 6.59. The second kappa shape index (κ2) is 6.20. The number of ether oxygens (including phenoxy) is 1. The van der Waals surface area contributed by atoms with Crippen LogP contribution in [0.2, 0.25) is 0 Å². The number of carbonyl (C=O) groups is 1. The van der Waals surface area contributed by atoms with Crippen LogP contribution in [0.1, 0.15) is 40.3 Å². The van der Waals surface area contributed by atoms with Gasteiger partial charge in [0.05, 0.1) is 23.0 Å². The molecule has 0 bridgehead atoms. The lowest BCUT2D eigenvalue weighted by atomic mass is 9.92. The number of hydrogen-bond donors (Lipinski definition) is 0. The van der Waals surface area contributed by atoms with Crippen LogP contribution in [-0.2, 0) is 10.5 Å². The van der Waals surface area contributed by atoms with Crippen LogP contribution >= 0.6 is 0 Å². The van der Waals surface area contributed by atoms with Crippen molar-refractivity contribution in [3.63, 3.8) is 0 Å². The monoisotopic (exact) mass is 409 g/mol. The molecule has 5 nitrogen and oxygen atoms in total. The molecular weight excluding hydrogens is 386 g/mol. The minimum atomic E-state index is -1.29. The number of hydrogen-bond acceptors (Lipinski definition) is 4. The Morgan fingerprint density at radius 1 is 1.00 bits per heavy atom. The second-order valence-corrected chi connectivity index (χ2v) is 8.65. The van der Waals surface area contributed by atoms with E-state index in [1.165, 1.54) is 5.56 Å². The molecule has 0 aromatic heterocycles. The fraction of sp³-hybridized carbons (Fsp3) is 0.231. The quantitative estimate of drug-likeness (QED) is 0.586. The number of hydrazone groups is 1. The minimum absolute atomic E-state index is 0.0648. The van der Waals surface area contributed by atoms with Crippen LogP contribution in [-0.4, -0.2) is 23.7 Å². The van der Waals surface area contributed by atoms with Crippen molar-refractivity contribution in [2.75, 3.05) is 11.9 Å². The number of likely N-dealkylation sites (N-methyl/N-ethyl adjacent to an activating group) is 1. The van der Waals surface area contributed by atoms with E-state index in [0.29, 0.717) is 0 Å². The Kier molecular flexibility index (Phi) is 3.64. The number of benzene rings is 3. The van der Waals surface area contributed by atoms with Gasteiger partial charge in [0.15, 0.2) is 0 Å². The van der Waals surface area contributed by atoms with E-state index in [9.17, 15) is 4.79 Å². The van der Waals surface area contributed by atoms with Crippen LogP contribution in [0.5, 0.6) is 5.75 Å². The summed E-state index contributed by atoms with van der Waals surface area (Å²) in [6.45, 7) is 4.12. The predicted octanol–water partition coefficient (Wildman–Crippen LogP) is 4.68. The summed E-state index contributed by atoms with van der Waals surface area (Å²) in [5.41, 5.74) is 5.85. The number of anilines is 1. The molecule has 1 amide bonds. The van der Waals surface area contributed by atoms with E-state index in [4.69, 9.17) is 9.84 Å². The van der Waals surface area contributed by atoms with Crippen LogP contribution in [0.25, 0.3) is 0 Å². The van der Waals surface area contributed by atoms with Gasteiger partial charge in [0, 0.05) is 19.0 Å². The number of carbonyl (C=O) groups excluding carboxylic acids is 1. The van der Waals surface area contributed by atoms with E-state index < -0.39 is 5.72 Å². The molecule has 154 valence electrons. The molecule has 31 heavy (non-hydrogen) atoms. The molecule has 3 aromatic carbocycles. The van der Waals surface area contributed by atoms with Crippen LogP contribution in [0.3, 0.4) is 0 Å². The molecule has 0 saturated carbocycles. The van der Waals surface area contributed by atoms with Crippen molar-refractivity contribution in [2.24, 2.45) is 5.10 Å². The smallest absolute Gasteiger partial charge is 0.306 e. The summed E-state index contributed by atoms with van der Waals surface area (Å²) in [5, 5.41) is 6.95. The van der Waals surface area contributed by atoms with Crippen molar-refractivity contribution in [2.45, 2.75) is 32.0 Å².